The van der Waals surface area contributed by atoms with E-state index in [1.165, 1.54) is 5.56 Å². The monoisotopic (exact) mass is 462 g/mol. The number of nitrogens with zero attached hydrogens (tertiary/aromatic N) is 1. The molecule has 0 amide bonds. The Labute approximate surface area is 204 Å². The van der Waals surface area contributed by atoms with Crippen LogP contribution in [-0.4, -0.2) is 25.0 Å². The van der Waals surface area contributed by atoms with E-state index in [0.29, 0.717) is 6.42 Å². The van der Waals surface area contributed by atoms with Gasteiger partial charge in [0, 0.05) is 40.4 Å². The first kappa shape index (κ1) is 21.4. The fourth-order valence-electron chi connectivity index (χ4n) is 5.59. The van der Waals surface area contributed by atoms with E-state index < -0.39 is 0 Å². The van der Waals surface area contributed by atoms with Crippen molar-refractivity contribution >= 4 is 27.9 Å². The van der Waals surface area contributed by atoms with Crippen molar-refractivity contribution in [2.24, 2.45) is 0 Å². The molecule has 0 saturated heterocycles. The normalized spacial score (nSPS) is 19.1. The number of ether oxygens (including phenoxy) is 2. The first-order valence-electron chi connectivity index (χ1n) is 11.9. The molecule has 4 aromatic rings. The maximum atomic E-state index is 13.9. The molecule has 1 aliphatic heterocycles. The number of methoxy groups -OCH3 is 2. The summed E-state index contributed by atoms with van der Waals surface area (Å²) in [4.78, 5) is 18.5. The third kappa shape index (κ3) is 3.55. The number of hydrogen-bond donors (Lipinski definition) is 1. The lowest BCUT2D eigenvalue weighted by Gasteiger charge is -2.37. The number of Topliss-reactive ketones (excluding diaryl/α,β-unsaturated/α-hetero) is 1. The van der Waals surface area contributed by atoms with Crippen molar-refractivity contribution in [3.05, 3.63) is 101 Å². The number of carbonyl (C=O) groups is 1. The lowest BCUT2D eigenvalue weighted by atomic mass is 9.71. The molecule has 0 fully saturated rings. The van der Waals surface area contributed by atoms with E-state index in [-0.39, 0.29) is 17.7 Å². The molecule has 2 heterocycles. The molecule has 0 saturated carbocycles. The van der Waals surface area contributed by atoms with Crippen LogP contribution in [-0.2, 0) is 4.79 Å². The van der Waals surface area contributed by atoms with Gasteiger partial charge in [-0.05, 0) is 59.9 Å². The van der Waals surface area contributed by atoms with Crippen molar-refractivity contribution in [3.8, 4) is 11.5 Å². The lowest BCUT2D eigenvalue weighted by molar-refractivity contribution is -0.116. The average molecular weight is 463 g/mol. The first-order chi connectivity index (χ1) is 17.2. The Morgan fingerprint density at radius 1 is 0.914 bits per heavy atom. The number of pyridine rings is 1. The van der Waals surface area contributed by atoms with Crippen molar-refractivity contribution in [2.75, 3.05) is 19.5 Å². The van der Waals surface area contributed by atoms with E-state index in [1.54, 1.807) is 14.2 Å². The summed E-state index contributed by atoms with van der Waals surface area (Å²) in [6.45, 7) is 0. The molecule has 5 nitrogen and oxygen atoms in total. The maximum Gasteiger partial charge on any atom is 0.162 e. The van der Waals surface area contributed by atoms with Crippen LogP contribution in [0.1, 0.15) is 41.5 Å². The van der Waals surface area contributed by atoms with Gasteiger partial charge in [-0.25, -0.2) is 0 Å². The number of benzene rings is 3. The second-order valence-electron chi connectivity index (χ2n) is 9.07. The fraction of sp³-hybridized carbons (Fsp3) is 0.200. The van der Waals surface area contributed by atoms with E-state index in [2.05, 4.69) is 34.6 Å². The minimum Gasteiger partial charge on any atom is -0.497 e. The van der Waals surface area contributed by atoms with Gasteiger partial charge in [-0.1, -0.05) is 36.4 Å². The molecule has 0 spiro atoms. The number of carbonyl (C=O) groups excluding carboxylic acids is 1. The number of aromatic nitrogens is 1. The largest absolute Gasteiger partial charge is 0.497 e. The number of nitrogens with one attached hydrogen (secondary N) is 1. The third-order valence-electron chi connectivity index (χ3n) is 7.20. The number of anilines is 1. The summed E-state index contributed by atoms with van der Waals surface area (Å²) in [6, 6.07) is 23.9. The summed E-state index contributed by atoms with van der Waals surface area (Å²) in [5, 5.41) is 4.73. The minimum absolute atomic E-state index is 0.133. The molecule has 0 radical (unpaired) electrons. The van der Waals surface area contributed by atoms with Crippen LogP contribution in [0, 0.1) is 0 Å². The Hall–Kier alpha value is -4.12. The zero-order chi connectivity index (χ0) is 23.9. The zero-order valence-electron chi connectivity index (χ0n) is 19.7. The second kappa shape index (κ2) is 8.58. The fourth-order valence-corrected chi connectivity index (χ4v) is 5.59. The molecule has 1 aliphatic carbocycles. The van der Waals surface area contributed by atoms with Gasteiger partial charge in [0.1, 0.15) is 11.5 Å². The number of allylic oxidation sites excluding steroid dienone is 1. The summed E-state index contributed by atoms with van der Waals surface area (Å²) in [7, 11) is 3.31. The summed E-state index contributed by atoms with van der Waals surface area (Å²) in [5.74, 6) is 1.74. The highest BCUT2D eigenvalue weighted by atomic mass is 16.5. The van der Waals surface area contributed by atoms with Crippen molar-refractivity contribution in [1.82, 2.24) is 4.98 Å². The molecule has 5 heteroatoms. The summed E-state index contributed by atoms with van der Waals surface area (Å²) < 4.78 is 11.2. The third-order valence-corrected chi connectivity index (χ3v) is 7.20. The van der Waals surface area contributed by atoms with Crippen LogP contribution in [0.25, 0.3) is 16.5 Å². The van der Waals surface area contributed by atoms with Crippen LogP contribution in [0.4, 0.5) is 5.69 Å². The highest BCUT2D eigenvalue weighted by Gasteiger charge is 2.39. The highest BCUT2D eigenvalue weighted by Crippen LogP contribution is 2.52. The molecule has 3 aromatic carbocycles. The van der Waals surface area contributed by atoms with Gasteiger partial charge in [-0.2, -0.15) is 0 Å². The molecule has 1 aromatic heterocycles. The van der Waals surface area contributed by atoms with Gasteiger partial charge in [-0.15, -0.1) is 0 Å². The molecule has 0 bridgehead atoms. The predicted molar refractivity (Wildman–Crippen MR) is 138 cm³/mol. The van der Waals surface area contributed by atoms with Crippen LogP contribution in [0.3, 0.4) is 0 Å². The molecule has 174 valence electrons. The number of ketones is 1. The molecule has 0 unspecified atom stereocenters. The van der Waals surface area contributed by atoms with Crippen molar-refractivity contribution in [1.29, 1.82) is 0 Å². The second-order valence-corrected chi connectivity index (χ2v) is 9.07. The van der Waals surface area contributed by atoms with Gasteiger partial charge >= 0.3 is 0 Å². The Kier molecular flexibility index (Phi) is 5.25. The van der Waals surface area contributed by atoms with Crippen LogP contribution in [0.15, 0.2) is 84.6 Å². The maximum absolute atomic E-state index is 13.9. The Morgan fingerprint density at radius 3 is 2.57 bits per heavy atom. The van der Waals surface area contributed by atoms with E-state index in [0.717, 1.165) is 56.8 Å². The van der Waals surface area contributed by atoms with Crippen LogP contribution < -0.4 is 14.8 Å². The van der Waals surface area contributed by atoms with E-state index in [1.807, 2.05) is 54.7 Å². The Morgan fingerprint density at radius 2 is 1.77 bits per heavy atom. The smallest absolute Gasteiger partial charge is 0.162 e. The van der Waals surface area contributed by atoms with Crippen molar-refractivity contribution in [3.63, 3.8) is 0 Å². The Balaban J connectivity index is 1.60. The van der Waals surface area contributed by atoms with E-state index in [9.17, 15) is 4.79 Å². The molecule has 6 rings (SSSR count). The molecule has 2 atom stereocenters. The van der Waals surface area contributed by atoms with Gasteiger partial charge in [-0.3, -0.25) is 9.78 Å². The van der Waals surface area contributed by atoms with E-state index in [4.69, 9.17) is 9.47 Å². The topological polar surface area (TPSA) is 60.5 Å². The molecule has 1 N–H and O–H groups in total. The van der Waals surface area contributed by atoms with Gasteiger partial charge in [0.25, 0.3) is 0 Å². The van der Waals surface area contributed by atoms with Crippen LogP contribution >= 0.6 is 0 Å². The predicted octanol–water partition coefficient (Wildman–Crippen LogP) is 6.32. The van der Waals surface area contributed by atoms with Crippen molar-refractivity contribution < 1.29 is 14.3 Å². The summed E-state index contributed by atoms with van der Waals surface area (Å²) in [5.41, 5.74) is 7.00. The van der Waals surface area contributed by atoms with Gasteiger partial charge in [0.15, 0.2) is 5.78 Å². The highest BCUT2D eigenvalue weighted by molar-refractivity contribution is 6.12. The van der Waals surface area contributed by atoms with Gasteiger partial charge in [0.2, 0.25) is 0 Å². The molecule has 35 heavy (non-hydrogen) atoms. The Bertz CT molecular complexity index is 1480. The average Bonchev–Trinajstić information content (AvgIpc) is 2.92. The van der Waals surface area contributed by atoms with Crippen LogP contribution in [0.2, 0.25) is 0 Å². The van der Waals surface area contributed by atoms with Crippen LogP contribution in [0.5, 0.6) is 11.5 Å². The molecular weight excluding hydrogens is 436 g/mol. The minimum atomic E-state index is -0.333. The van der Waals surface area contributed by atoms with E-state index >= 15 is 0 Å². The summed E-state index contributed by atoms with van der Waals surface area (Å²) in [6.07, 6.45) is 3.07. The quantitative estimate of drug-likeness (QED) is 0.385. The standard InChI is InChI=1S/C30H26N2O3/c1-34-20-10-13-27(35-2)22(17-20)30-29-23(15-19(16-26(29)33)18-7-4-3-5-8-18)28-21-9-6-14-31-24(21)11-12-25(28)32-30/h3-14,17,19,30,32H,15-16H2,1-2H3/t19-,30-/m0/s1. The number of fused-ring (bicyclic) bond motifs is 4. The van der Waals surface area contributed by atoms with Gasteiger partial charge < -0.3 is 14.8 Å². The lowest BCUT2D eigenvalue weighted by Crippen LogP contribution is -2.30. The zero-order valence-corrected chi connectivity index (χ0v) is 19.7. The first-order valence-corrected chi connectivity index (χ1v) is 11.9. The molecule has 2 aliphatic rings. The summed E-state index contributed by atoms with van der Waals surface area (Å²) >= 11 is 0. The van der Waals surface area contributed by atoms with Crippen molar-refractivity contribution in [2.45, 2.75) is 24.8 Å². The SMILES string of the molecule is COc1ccc(OC)c([C@@H]2Nc3ccc4ncccc4c3C3=C2C(=O)C[C@@H](c2ccccc2)C3)c1. The number of hydrogen-bond acceptors (Lipinski definition) is 5. The van der Waals surface area contributed by atoms with Gasteiger partial charge in [0.05, 0.1) is 25.8 Å². The molecular formula is C30H26N2O3. The number of rotatable bonds is 4.